The Labute approximate surface area is 173 Å². The predicted molar refractivity (Wildman–Crippen MR) is 110 cm³/mol. The molecule has 0 unspecified atom stereocenters. The van der Waals surface area contributed by atoms with Gasteiger partial charge in [-0.15, -0.1) is 0 Å². The number of benzene rings is 3. The molecule has 30 heavy (non-hydrogen) atoms. The lowest BCUT2D eigenvalue weighted by Gasteiger charge is -2.06. The summed E-state index contributed by atoms with van der Waals surface area (Å²) >= 11 is 0. The van der Waals surface area contributed by atoms with Gasteiger partial charge in [-0.25, -0.2) is 14.6 Å². The third kappa shape index (κ3) is 6.00. The molecule has 0 radical (unpaired) electrons. The third-order valence-corrected chi connectivity index (χ3v) is 4.04. The Hall–Kier alpha value is -4.00. The van der Waals surface area contributed by atoms with Crippen molar-refractivity contribution in [2.45, 2.75) is 6.92 Å². The molecule has 0 heterocycles. The van der Waals surface area contributed by atoms with Gasteiger partial charge in [0.15, 0.2) is 6.61 Å². The topological polar surface area (TPSA) is 77.0 Å². The minimum absolute atomic E-state index is 0.253. The predicted octanol–water partition coefficient (Wildman–Crippen LogP) is 3.88. The van der Waals surface area contributed by atoms with E-state index in [1.165, 1.54) is 30.5 Å². The highest BCUT2D eigenvalue weighted by Crippen LogP contribution is 2.15. The van der Waals surface area contributed by atoms with Crippen LogP contribution in [0.15, 0.2) is 77.9 Å². The zero-order valence-corrected chi connectivity index (χ0v) is 16.2. The standard InChI is InChI=1S/C23H19FN2O4/c1-16-4-2-3-5-21(16)23(28)30-20-10-6-17(7-11-20)14-25-26-22(27)15-29-19-12-8-18(24)9-13-19/h2-14H,15H2,1H3,(H,26,27)/b25-14+. The highest BCUT2D eigenvalue weighted by Gasteiger charge is 2.10. The number of ether oxygens (including phenoxy) is 2. The first-order valence-electron chi connectivity index (χ1n) is 9.09. The molecule has 1 N–H and O–H groups in total. The number of halogens is 1. The Morgan fingerprint density at radius 2 is 1.63 bits per heavy atom. The molecule has 3 aromatic carbocycles. The maximum atomic E-state index is 12.8. The van der Waals surface area contributed by atoms with Crippen molar-refractivity contribution in [1.82, 2.24) is 5.43 Å². The molecule has 0 saturated carbocycles. The Morgan fingerprint density at radius 1 is 0.967 bits per heavy atom. The Balaban J connectivity index is 1.47. The minimum Gasteiger partial charge on any atom is -0.484 e. The van der Waals surface area contributed by atoms with Gasteiger partial charge in [-0.3, -0.25) is 4.79 Å². The lowest BCUT2D eigenvalue weighted by molar-refractivity contribution is -0.123. The molecule has 0 spiro atoms. The quantitative estimate of drug-likeness (QED) is 0.280. The number of nitrogens with zero attached hydrogens (tertiary/aromatic N) is 1. The summed E-state index contributed by atoms with van der Waals surface area (Å²) in [5.41, 5.74) is 4.38. The van der Waals surface area contributed by atoms with Crippen LogP contribution < -0.4 is 14.9 Å². The molecule has 3 rings (SSSR count). The van der Waals surface area contributed by atoms with E-state index in [4.69, 9.17) is 9.47 Å². The molecule has 152 valence electrons. The number of carbonyl (C=O) groups excluding carboxylic acids is 2. The second-order valence-corrected chi connectivity index (χ2v) is 6.31. The van der Waals surface area contributed by atoms with Gasteiger partial charge >= 0.3 is 5.97 Å². The maximum Gasteiger partial charge on any atom is 0.343 e. The molecule has 7 heteroatoms. The summed E-state index contributed by atoms with van der Waals surface area (Å²) in [6.45, 7) is 1.59. The molecule has 0 aliphatic carbocycles. The molecule has 0 aliphatic heterocycles. The molecular formula is C23H19FN2O4. The van der Waals surface area contributed by atoms with Crippen molar-refractivity contribution in [2.24, 2.45) is 5.10 Å². The van der Waals surface area contributed by atoms with E-state index in [-0.39, 0.29) is 12.4 Å². The summed E-state index contributed by atoms with van der Waals surface area (Å²) in [4.78, 5) is 24.0. The first kappa shape index (κ1) is 20.7. The van der Waals surface area contributed by atoms with Crippen molar-refractivity contribution in [3.8, 4) is 11.5 Å². The molecule has 0 fully saturated rings. The van der Waals surface area contributed by atoms with E-state index in [0.717, 1.165) is 5.56 Å². The number of carbonyl (C=O) groups is 2. The summed E-state index contributed by atoms with van der Waals surface area (Å²) in [7, 11) is 0. The van der Waals surface area contributed by atoms with E-state index in [0.29, 0.717) is 22.6 Å². The van der Waals surface area contributed by atoms with Gasteiger partial charge in [0.1, 0.15) is 17.3 Å². The van der Waals surface area contributed by atoms with Gasteiger partial charge in [0.2, 0.25) is 0 Å². The van der Waals surface area contributed by atoms with E-state index in [1.807, 2.05) is 19.1 Å². The smallest absolute Gasteiger partial charge is 0.343 e. The van der Waals surface area contributed by atoms with E-state index in [2.05, 4.69) is 10.5 Å². The van der Waals surface area contributed by atoms with E-state index in [1.54, 1.807) is 36.4 Å². The highest BCUT2D eigenvalue weighted by molar-refractivity contribution is 5.92. The van der Waals surface area contributed by atoms with Crippen LogP contribution in [-0.4, -0.2) is 24.7 Å². The number of hydrogen-bond acceptors (Lipinski definition) is 5. The molecular weight excluding hydrogens is 387 g/mol. The fourth-order valence-electron chi connectivity index (χ4n) is 2.48. The molecule has 0 bridgehead atoms. The van der Waals surface area contributed by atoms with E-state index in [9.17, 15) is 14.0 Å². The van der Waals surface area contributed by atoms with Crippen LogP contribution >= 0.6 is 0 Å². The summed E-state index contributed by atoms with van der Waals surface area (Å²) in [6.07, 6.45) is 1.45. The molecule has 6 nitrogen and oxygen atoms in total. The molecule has 0 saturated heterocycles. The number of nitrogens with one attached hydrogen (secondary N) is 1. The van der Waals surface area contributed by atoms with Gasteiger partial charge < -0.3 is 9.47 Å². The first-order valence-corrected chi connectivity index (χ1v) is 9.09. The zero-order chi connectivity index (χ0) is 21.3. The van der Waals surface area contributed by atoms with Crippen LogP contribution in [0.3, 0.4) is 0 Å². The average molecular weight is 406 g/mol. The number of amides is 1. The van der Waals surface area contributed by atoms with Crippen LogP contribution in [0.2, 0.25) is 0 Å². The van der Waals surface area contributed by atoms with Crippen LogP contribution in [0, 0.1) is 12.7 Å². The number of esters is 1. The fraction of sp³-hybridized carbons (Fsp3) is 0.0870. The Morgan fingerprint density at radius 3 is 2.33 bits per heavy atom. The van der Waals surface area contributed by atoms with Crippen molar-refractivity contribution >= 4 is 18.1 Å². The van der Waals surface area contributed by atoms with Gasteiger partial charge in [-0.2, -0.15) is 5.10 Å². The Kier molecular flexibility index (Phi) is 6.89. The molecule has 0 aliphatic rings. The third-order valence-electron chi connectivity index (χ3n) is 4.04. The summed E-state index contributed by atoms with van der Waals surface area (Å²) in [5, 5.41) is 3.85. The maximum absolute atomic E-state index is 12.8. The molecule has 0 atom stereocenters. The van der Waals surface area contributed by atoms with Crippen LogP contribution in [0.25, 0.3) is 0 Å². The molecule has 1 amide bonds. The monoisotopic (exact) mass is 406 g/mol. The van der Waals surface area contributed by atoms with Gasteiger partial charge in [0, 0.05) is 0 Å². The van der Waals surface area contributed by atoms with Gasteiger partial charge in [-0.1, -0.05) is 18.2 Å². The fourth-order valence-corrected chi connectivity index (χ4v) is 2.48. The van der Waals surface area contributed by atoms with Crippen molar-refractivity contribution in [1.29, 1.82) is 0 Å². The summed E-state index contributed by atoms with van der Waals surface area (Å²) < 4.78 is 23.4. The van der Waals surface area contributed by atoms with Gasteiger partial charge in [0.05, 0.1) is 11.8 Å². The van der Waals surface area contributed by atoms with Crippen LogP contribution in [0.4, 0.5) is 4.39 Å². The highest BCUT2D eigenvalue weighted by atomic mass is 19.1. The lowest BCUT2D eigenvalue weighted by atomic mass is 10.1. The zero-order valence-electron chi connectivity index (χ0n) is 16.2. The van der Waals surface area contributed by atoms with Crippen molar-refractivity contribution in [3.05, 3.63) is 95.3 Å². The summed E-state index contributed by atoms with van der Waals surface area (Å²) in [6, 6.07) is 19.2. The second-order valence-electron chi connectivity index (χ2n) is 6.31. The van der Waals surface area contributed by atoms with Gasteiger partial charge in [-0.05, 0) is 72.6 Å². The first-order chi connectivity index (χ1) is 14.5. The molecule has 3 aromatic rings. The van der Waals surface area contributed by atoms with E-state index < -0.39 is 11.9 Å². The van der Waals surface area contributed by atoms with Crippen molar-refractivity contribution in [3.63, 3.8) is 0 Å². The number of hydrogen-bond donors (Lipinski definition) is 1. The normalized spacial score (nSPS) is 10.6. The largest absolute Gasteiger partial charge is 0.484 e. The van der Waals surface area contributed by atoms with Gasteiger partial charge in [0.25, 0.3) is 5.91 Å². The number of hydrazone groups is 1. The second kappa shape index (κ2) is 9.97. The number of rotatable bonds is 7. The Bertz CT molecular complexity index is 1050. The van der Waals surface area contributed by atoms with Crippen LogP contribution in [0.1, 0.15) is 21.5 Å². The SMILES string of the molecule is Cc1ccccc1C(=O)Oc1ccc(/C=N/NC(=O)COc2ccc(F)cc2)cc1. The average Bonchev–Trinajstić information content (AvgIpc) is 2.75. The number of aryl methyl sites for hydroxylation is 1. The van der Waals surface area contributed by atoms with Crippen molar-refractivity contribution in [2.75, 3.05) is 6.61 Å². The van der Waals surface area contributed by atoms with Crippen molar-refractivity contribution < 1.29 is 23.5 Å². The minimum atomic E-state index is -0.459. The molecule has 0 aromatic heterocycles. The summed E-state index contributed by atoms with van der Waals surface area (Å²) in [5.74, 6) is -0.488. The van der Waals surface area contributed by atoms with Crippen LogP contribution in [-0.2, 0) is 4.79 Å². The van der Waals surface area contributed by atoms with E-state index >= 15 is 0 Å². The lowest BCUT2D eigenvalue weighted by Crippen LogP contribution is -2.24. The van der Waals surface area contributed by atoms with Crippen LogP contribution in [0.5, 0.6) is 11.5 Å².